The lowest BCUT2D eigenvalue weighted by Crippen LogP contribution is -2.10. The maximum atomic E-state index is 10.1. The molecule has 5 heteroatoms. The minimum absolute atomic E-state index is 0.520. The number of aliphatic hydroxyl groups is 1. The topological polar surface area (TPSA) is 63.8 Å². The SMILES string of the molecule is CCn1ccnc1C(O)c1cnc(C)cn1. The molecule has 1 atom stereocenters. The molecule has 2 heterocycles. The third-order valence-electron chi connectivity index (χ3n) is 2.41. The molecule has 84 valence electrons. The van der Waals surface area contributed by atoms with Gasteiger partial charge in [0.25, 0.3) is 0 Å². The van der Waals surface area contributed by atoms with Crippen molar-refractivity contribution < 1.29 is 5.11 Å². The predicted octanol–water partition coefficient (Wildman–Crippen LogP) is 1.08. The standard InChI is InChI=1S/C11H14N4O/c1-3-15-5-4-12-11(15)10(16)9-7-13-8(2)6-14-9/h4-7,10,16H,3H2,1-2H3. The molecule has 0 amide bonds. The van der Waals surface area contributed by atoms with Gasteiger partial charge in [0.05, 0.1) is 17.6 Å². The van der Waals surface area contributed by atoms with Crippen molar-refractivity contribution in [3.05, 3.63) is 42.0 Å². The van der Waals surface area contributed by atoms with Gasteiger partial charge >= 0.3 is 0 Å². The van der Waals surface area contributed by atoms with Gasteiger partial charge in [-0.25, -0.2) is 4.98 Å². The quantitative estimate of drug-likeness (QED) is 0.837. The van der Waals surface area contributed by atoms with Crippen molar-refractivity contribution in [2.45, 2.75) is 26.5 Å². The Balaban J connectivity index is 2.31. The molecule has 2 rings (SSSR count). The van der Waals surface area contributed by atoms with E-state index in [9.17, 15) is 5.11 Å². The fourth-order valence-electron chi connectivity index (χ4n) is 1.51. The number of aryl methyl sites for hydroxylation is 2. The van der Waals surface area contributed by atoms with Crippen LogP contribution in [-0.4, -0.2) is 24.6 Å². The summed E-state index contributed by atoms with van der Waals surface area (Å²) in [6, 6.07) is 0. The highest BCUT2D eigenvalue weighted by molar-refractivity contribution is 5.13. The third-order valence-corrected chi connectivity index (χ3v) is 2.41. The van der Waals surface area contributed by atoms with Gasteiger partial charge < -0.3 is 9.67 Å². The summed E-state index contributed by atoms with van der Waals surface area (Å²) in [4.78, 5) is 12.4. The van der Waals surface area contributed by atoms with Crippen LogP contribution in [0.2, 0.25) is 0 Å². The molecule has 0 aliphatic rings. The fourth-order valence-corrected chi connectivity index (χ4v) is 1.51. The first kappa shape index (κ1) is 10.8. The molecule has 1 N–H and O–H groups in total. The Hall–Kier alpha value is -1.75. The van der Waals surface area contributed by atoms with Gasteiger partial charge in [-0.15, -0.1) is 0 Å². The molecule has 0 saturated carbocycles. The van der Waals surface area contributed by atoms with Crippen molar-refractivity contribution in [3.8, 4) is 0 Å². The molecule has 0 aliphatic heterocycles. The highest BCUT2D eigenvalue weighted by Crippen LogP contribution is 2.17. The van der Waals surface area contributed by atoms with Crippen LogP contribution in [0.3, 0.4) is 0 Å². The normalized spacial score (nSPS) is 12.7. The zero-order valence-corrected chi connectivity index (χ0v) is 9.33. The van der Waals surface area contributed by atoms with Crippen LogP contribution >= 0.6 is 0 Å². The number of nitrogens with zero attached hydrogens (tertiary/aromatic N) is 4. The van der Waals surface area contributed by atoms with Gasteiger partial charge in [-0.3, -0.25) is 9.97 Å². The maximum Gasteiger partial charge on any atom is 0.155 e. The summed E-state index contributed by atoms with van der Waals surface area (Å²) in [5.41, 5.74) is 1.35. The van der Waals surface area contributed by atoms with Gasteiger partial charge in [-0.1, -0.05) is 0 Å². The number of hydrogen-bond donors (Lipinski definition) is 1. The van der Waals surface area contributed by atoms with Crippen molar-refractivity contribution >= 4 is 0 Å². The van der Waals surface area contributed by atoms with Gasteiger partial charge in [0.1, 0.15) is 5.82 Å². The lowest BCUT2D eigenvalue weighted by molar-refractivity contribution is 0.199. The molecule has 0 saturated heterocycles. The van der Waals surface area contributed by atoms with Crippen molar-refractivity contribution in [1.29, 1.82) is 0 Å². The zero-order valence-electron chi connectivity index (χ0n) is 9.33. The molecule has 0 radical (unpaired) electrons. The molecule has 0 bridgehead atoms. The molecule has 0 fully saturated rings. The number of rotatable bonds is 3. The van der Waals surface area contributed by atoms with E-state index in [4.69, 9.17) is 0 Å². The van der Waals surface area contributed by atoms with E-state index in [1.54, 1.807) is 18.6 Å². The van der Waals surface area contributed by atoms with E-state index >= 15 is 0 Å². The minimum Gasteiger partial charge on any atom is -0.379 e. The Morgan fingerprint density at radius 1 is 1.31 bits per heavy atom. The second-order valence-electron chi connectivity index (χ2n) is 3.56. The Bertz CT molecular complexity index is 463. The maximum absolute atomic E-state index is 10.1. The first-order chi connectivity index (χ1) is 7.72. The van der Waals surface area contributed by atoms with E-state index in [0.29, 0.717) is 11.5 Å². The molecule has 0 spiro atoms. The Kier molecular flexibility index (Phi) is 2.96. The first-order valence-corrected chi connectivity index (χ1v) is 5.20. The second kappa shape index (κ2) is 4.40. The molecular weight excluding hydrogens is 204 g/mol. The summed E-state index contributed by atoms with van der Waals surface area (Å²) in [7, 11) is 0. The summed E-state index contributed by atoms with van der Waals surface area (Å²) in [6.45, 7) is 4.63. The number of imidazole rings is 1. The average molecular weight is 218 g/mol. The van der Waals surface area contributed by atoms with Crippen molar-refractivity contribution in [2.24, 2.45) is 0 Å². The van der Waals surface area contributed by atoms with Crippen LogP contribution < -0.4 is 0 Å². The van der Waals surface area contributed by atoms with Crippen molar-refractivity contribution in [3.63, 3.8) is 0 Å². The highest BCUT2D eigenvalue weighted by Gasteiger charge is 2.16. The van der Waals surface area contributed by atoms with E-state index < -0.39 is 6.10 Å². The summed E-state index contributed by atoms with van der Waals surface area (Å²) < 4.78 is 1.88. The molecule has 2 aromatic rings. The van der Waals surface area contributed by atoms with Gasteiger partial charge in [0.15, 0.2) is 6.10 Å². The molecule has 0 aliphatic carbocycles. The molecule has 16 heavy (non-hydrogen) atoms. The van der Waals surface area contributed by atoms with Crippen LogP contribution in [0.4, 0.5) is 0 Å². The summed E-state index contributed by atoms with van der Waals surface area (Å²) in [5, 5.41) is 10.1. The van der Waals surface area contributed by atoms with Crippen LogP contribution in [-0.2, 0) is 6.54 Å². The van der Waals surface area contributed by atoms with E-state index in [-0.39, 0.29) is 0 Å². The lowest BCUT2D eigenvalue weighted by Gasteiger charge is -2.11. The second-order valence-corrected chi connectivity index (χ2v) is 3.56. The van der Waals surface area contributed by atoms with Crippen LogP contribution in [0.1, 0.15) is 30.2 Å². The molecule has 5 nitrogen and oxygen atoms in total. The van der Waals surface area contributed by atoms with Crippen LogP contribution in [0.25, 0.3) is 0 Å². The average Bonchev–Trinajstić information content (AvgIpc) is 2.77. The van der Waals surface area contributed by atoms with Gasteiger partial charge in [0.2, 0.25) is 0 Å². The Morgan fingerprint density at radius 3 is 2.75 bits per heavy atom. The summed E-state index contributed by atoms with van der Waals surface area (Å²) >= 11 is 0. The molecule has 0 aromatic carbocycles. The van der Waals surface area contributed by atoms with Crippen molar-refractivity contribution in [2.75, 3.05) is 0 Å². The third kappa shape index (κ3) is 1.94. The fraction of sp³-hybridized carbons (Fsp3) is 0.364. The Morgan fingerprint density at radius 2 is 2.12 bits per heavy atom. The highest BCUT2D eigenvalue weighted by atomic mass is 16.3. The predicted molar refractivity (Wildman–Crippen MR) is 58.7 cm³/mol. The number of aromatic nitrogens is 4. The zero-order chi connectivity index (χ0) is 11.5. The summed E-state index contributed by atoms with van der Waals surface area (Å²) in [6.07, 6.45) is 5.90. The monoisotopic (exact) mass is 218 g/mol. The first-order valence-electron chi connectivity index (χ1n) is 5.20. The largest absolute Gasteiger partial charge is 0.379 e. The van der Waals surface area contributed by atoms with E-state index in [1.807, 2.05) is 24.6 Å². The van der Waals surface area contributed by atoms with E-state index in [0.717, 1.165) is 12.2 Å². The van der Waals surface area contributed by atoms with Gasteiger partial charge in [-0.2, -0.15) is 0 Å². The Labute approximate surface area is 93.8 Å². The van der Waals surface area contributed by atoms with Crippen LogP contribution in [0.15, 0.2) is 24.8 Å². The molecular formula is C11H14N4O. The van der Waals surface area contributed by atoms with E-state index in [1.165, 1.54) is 0 Å². The lowest BCUT2D eigenvalue weighted by atomic mass is 10.2. The number of hydrogen-bond acceptors (Lipinski definition) is 4. The molecule has 1 unspecified atom stereocenters. The van der Waals surface area contributed by atoms with Crippen LogP contribution in [0, 0.1) is 6.92 Å². The smallest absolute Gasteiger partial charge is 0.155 e. The van der Waals surface area contributed by atoms with Gasteiger partial charge in [0, 0.05) is 25.1 Å². The van der Waals surface area contributed by atoms with Gasteiger partial charge in [-0.05, 0) is 13.8 Å². The van der Waals surface area contributed by atoms with E-state index in [2.05, 4.69) is 15.0 Å². The van der Waals surface area contributed by atoms with Crippen molar-refractivity contribution in [1.82, 2.24) is 19.5 Å². The summed E-state index contributed by atoms with van der Waals surface area (Å²) in [5.74, 6) is 0.598. The minimum atomic E-state index is -0.817. The van der Waals surface area contributed by atoms with Crippen LogP contribution in [0.5, 0.6) is 0 Å². The molecule has 2 aromatic heterocycles. The number of aliphatic hydroxyl groups excluding tert-OH is 1.